The summed E-state index contributed by atoms with van der Waals surface area (Å²) in [6, 6.07) is 9.69. The summed E-state index contributed by atoms with van der Waals surface area (Å²) < 4.78 is 0. The van der Waals surface area contributed by atoms with Crippen molar-refractivity contribution in [1.29, 1.82) is 0 Å². The van der Waals surface area contributed by atoms with E-state index in [-0.39, 0.29) is 0 Å². The van der Waals surface area contributed by atoms with Gasteiger partial charge in [0, 0.05) is 5.88 Å². The number of alkyl halides is 1. The second kappa shape index (κ2) is 4.64. The minimum absolute atomic E-state index is 0.600. The summed E-state index contributed by atoms with van der Waals surface area (Å²) in [6.45, 7) is 1.83. The molecule has 1 aromatic carbocycles. The van der Waals surface area contributed by atoms with Gasteiger partial charge in [-0.1, -0.05) is 30.3 Å². The van der Waals surface area contributed by atoms with Crippen molar-refractivity contribution in [2.24, 2.45) is 0 Å². The maximum absolute atomic E-state index is 10.1. The molecule has 13 heavy (non-hydrogen) atoms. The van der Waals surface area contributed by atoms with E-state index in [4.69, 9.17) is 11.6 Å². The molecule has 1 atom stereocenters. The van der Waals surface area contributed by atoms with Crippen LogP contribution < -0.4 is 0 Å². The highest BCUT2D eigenvalue weighted by Crippen LogP contribution is 2.25. The number of benzene rings is 1. The van der Waals surface area contributed by atoms with E-state index in [1.165, 1.54) is 0 Å². The first-order chi connectivity index (χ1) is 6.17. The predicted molar refractivity (Wildman–Crippen MR) is 56.0 cm³/mol. The zero-order valence-corrected chi connectivity index (χ0v) is 8.59. The number of halogens is 1. The summed E-state index contributed by atoms with van der Waals surface area (Å²) in [7, 11) is 0. The quantitative estimate of drug-likeness (QED) is 0.738. The van der Waals surface area contributed by atoms with Crippen molar-refractivity contribution in [3.63, 3.8) is 0 Å². The first-order valence-electron chi connectivity index (χ1n) is 4.51. The number of aliphatic hydroxyl groups is 1. The smallest absolute Gasteiger partial charge is 0.0869 e. The van der Waals surface area contributed by atoms with Crippen LogP contribution in [-0.2, 0) is 5.60 Å². The SMILES string of the molecule is C[C@](O)(CCCCl)c1ccccc1. The highest BCUT2D eigenvalue weighted by Gasteiger charge is 2.21. The molecule has 0 aliphatic heterocycles. The molecule has 0 saturated heterocycles. The Morgan fingerprint density at radius 2 is 1.92 bits per heavy atom. The fraction of sp³-hybridized carbons (Fsp3) is 0.455. The third-order valence-electron chi connectivity index (χ3n) is 2.19. The van der Waals surface area contributed by atoms with E-state index in [1.807, 2.05) is 37.3 Å². The minimum Gasteiger partial charge on any atom is -0.385 e. The lowest BCUT2D eigenvalue weighted by Gasteiger charge is -2.23. The molecule has 1 nitrogen and oxygen atoms in total. The van der Waals surface area contributed by atoms with Crippen molar-refractivity contribution in [3.8, 4) is 0 Å². The fourth-order valence-electron chi connectivity index (χ4n) is 1.35. The van der Waals surface area contributed by atoms with E-state index in [0.29, 0.717) is 12.3 Å². The normalized spacial score (nSPS) is 15.3. The van der Waals surface area contributed by atoms with Gasteiger partial charge in [-0.3, -0.25) is 0 Å². The Labute approximate surface area is 84.4 Å². The van der Waals surface area contributed by atoms with Crippen molar-refractivity contribution in [2.45, 2.75) is 25.4 Å². The molecule has 1 rings (SSSR count). The zero-order chi connectivity index (χ0) is 9.73. The van der Waals surface area contributed by atoms with Crippen LogP contribution in [0.2, 0.25) is 0 Å². The molecule has 0 heterocycles. The van der Waals surface area contributed by atoms with Gasteiger partial charge in [0.05, 0.1) is 5.60 Å². The second-order valence-electron chi connectivity index (χ2n) is 3.43. The maximum Gasteiger partial charge on any atom is 0.0869 e. The lowest BCUT2D eigenvalue weighted by Crippen LogP contribution is -2.20. The molecule has 0 radical (unpaired) electrons. The van der Waals surface area contributed by atoms with Crippen molar-refractivity contribution in [1.82, 2.24) is 0 Å². The summed E-state index contributed by atoms with van der Waals surface area (Å²) >= 11 is 5.58. The highest BCUT2D eigenvalue weighted by molar-refractivity contribution is 6.17. The van der Waals surface area contributed by atoms with Crippen molar-refractivity contribution < 1.29 is 5.11 Å². The molecule has 0 aliphatic rings. The third kappa shape index (κ3) is 3.02. The van der Waals surface area contributed by atoms with Gasteiger partial charge in [-0.15, -0.1) is 11.6 Å². The Morgan fingerprint density at radius 1 is 1.31 bits per heavy atom. The van der Waals surface area contributed by atoms with E-state index in [2.05, 4.69) is 0 Å². The van der Waals surface area contributed by atoms with Crippen LogP contribution in [0.4, 0.5) is 0 Å². The molecule has 2 heteroatoms. The van der Waals surface area contributed by atoms with Crippen LogP contribution in [0.3, 0.4) is 0 Å². The number of hydrogen-bond acceptors (Lipinski definition) is 1. The van der Waals surface area contributed by atoms with Crippen LogP contribution in [0.5, 0.6) is 0 Å². The topological polar surface area (TPSA) is 20.2 Å². The van der Waals surface area contributed by atoms with Gasteiger partial charge in [0.2, 0.25) is 0 Å². The Bertz CT molecular complexity index is 244. The van der Waals surface area contributed by atoms with Crippen molar-refractivity contribution >= 4 is 11.6 Å². The van der Waals surface area contributed by atoms with Gasteiger partial charge >= 0.3 is 0 Å². The standard InChI is InChI=1S/C11H15ClO/c1-11(13,8-5-9-12)10-6-3-2-4-7-10/h2-4,6-7,13H,5,8-9H2,1H3/t11-/m0/s1. The summed E-state index contributed by atoms with van der Waals surface area (Å²) in [4.78, 5) is 0. The minimum atomic E-state index is -0.740. The molecule has 0 aliphatic carbocycles. The van der Waals surface area contributed by atoms with Crippen LogP contribution in [-0.4, -0.2) is 11.0 Å². The first-order valence-corrected chi connectivity index (χ1v) is 5.04. The van der Waals surface area contributed by atoms with E-state index < -0.39 is 5.60 Å². The monoisotopic (exact) mass is 198 g/mol. The lowest BCUT2D eigenvalue weighted by molar-refractivity contribution is 0.0472. The van der Waals surface area contributed by atoms with Gasteiger partial charge < -0.3 is 5.11 Å². The van der Waals surface area contributed by atoms with E-state index >= 15 is 0 Å². The van der Waals surface area contributed by atoms with E-state index in [9.17, 15) is 5.11 Å². The molecular formula is C11H15ClO. The average molecular weight is 199 g/mol. The molecule has 0 aromatic heterocycles. The zero-order valence-electron chi connectivity index (χ0n) is 7.83. The molecule has 72 valence electrons. The molecule has 1 aromatic rings. The van der Waals surface area contributed by atoms with Gasteiger partial charge in [0.25, 0.3) is 0 Å². The summed E-state index contributed by atoms with van der Waals surface area (Å²) in [5, 5.41) is 10.1. The number of hydrogen-bond donors (Lipinski definition) is 1. The maximum atomic E-state index is 10.1. The highest BCUT2D eigenvalue weighted by atomic mass is 35.5. The molecule has 0 bridgehead atoms. The Kier molecular flexibility index (Phi) is 3.76. The Hall–Kier alpha value is -0.530. The summed E-state index contributed by atoms with van der Waals surface area (Å²) in [5.74, 6) is 0.600. The number of rotatable bonds is 4. The molecule has 0 spiro atoms. The Morgan fingerprint density at radius 3 is 2.46 bits per heavy atom. The summed E-state index contributed by atoms with van der Waals surface area (Å²) in [5.41, 5.74) is 0.219. The van der Waals surface area contributed by atoms with Gasteiger partial charge in [0.15, 0.2) is 0 Å². The third-order valence-corrected chi connectivity index (χ3v) is 2.46. The van der Waals surface area contributed by atoms with Crippen LogP contribution in [0.1, 0.15) is 25.3 Å². The molecule has 0 amide bonds. The van der Waals surface area contributed by atoms with Gasteiger partial charge in [-0.25, -0.2) is 0 Å². The van der Waals surface area contributed by atoms with Crippen LogP contribution in [0, 0.1) is 0 Å². The predicted octanol–water partition coefficient (Wildman–Crippen LogP) is 2.91. The van der Waals surface area contributed by atoms with Crippen molar-refractivity contribution in [2.75, 3.05) is 5.88 Å². The van der Waals surface area contributed by atoms with Gasteiger partial charge in [-0.2, -0.15) is 0 Å². The fourth-order valence-corrected chi connectivity index (χ4v) is 1.49. The average Bonchev–Trinajstić information content (AvgIpc) is 2.16. The molecule has 0 saturated carbocycles. The summed E-state index contributed by atoms with van der Waals surface area (Å²) in [6.07, 6.45) is 1.55. The van der Waals surface area contributed by atoms with Crippen LogP contribution in [0.15, 0.2) is 30.3 Å². The van der Waals surface area contributed by atoms with Gasteiger partial charge in [-0.05, 0) is 25.3 Å². The second-order valence-corrected chi connectivity index (χ2v) is 3.81. The van der Waals surface area contributed by atoms with Gasteiger partial charge in [0.1, 0.15) is 0 Å². The van der Waals surface area contributed by atoms with Crippen LogP contribution in [0.25, 0.3) is 0 Å². The van der Waals surface area contributed by atoms with Crippen molar-refractivity contribution in [3.05, 3.63) is 35.9 Å². The van der Waals surface area contributed by atoms with Crippen LogP contribution >= 0.6 is 11.6 Å². The molecule has 1 N–H and O–H groups in total. The molecular weight excluding hydrogens is 184 g/mol. The van der Waals surface area contributed by atoms with E-state index in [1.54, 1.807) is 0 Å². The molecule has 0 fully saturated rings. The van der Waals surface area contributed by atoms with E-state index in [0.717, 1.165) is 12.0 Å². The first kappa shape index (κ1) is 10.6. The largest absolute Gasteiger partial charge is 0.385 e. The lowest BCUT2D eigenvalue weighted by atomic mass is 9.92. The Balaban J connectivity index is 2.69. The molecule has 0 unspecified atom stereocenters.